The van der Waals surface area contributed by atoms with Crippen LogP contribution in [0.2, 0.25) is 0 Å². The minimum Gasteiger partial charge on any atom is -0.496 e. The van der Waals surface area contributed by atoms with Gasteiger partial charge >= 0.3 is 5.97 Å². The lowest BCUT2D eigenvalue weighted by atomic mass is 9.99. The van der Waals surface area contributed by atoms with E-state index in [0.717, 1.165) is 0 Å². The first kappa shape index (κ1) is 20.0. The van der Waals surface area contributed by atoms with E-state index in [-0.39, 0.29) is 5.91 Å². The molecular weight excluding hydrogens is 350 g/mol. The number of rotatable bonds is 6. The molecule has 0 radical (unpaired) electrons. The summed E-state index contributed by atoms with van der Waals surface area (Å²) >= 11 is 1.53. The molecule has 1 heterocycles. The third-order valence-electron chi connectivity index (χ3n) is 4.03. The van der Waals surface area contributed by atoms with E-state index in [4.69, 9.17) is 9.47 Å². The molecule has 0 atom stereocenters. The fraction of sp³-hybridized carbons (Fsp3) is 0.400. The van der Waals surface area contributed by atoms with E-state index in [1.165, 1.54) is 36.0 Å². The molecule has 0 aliphatic heterocycles. The van der Waals surface area contributed by atoms with Crippen LogP contribution < -0.4 is 10.1 Å². The first-order chi connectivity index (χ1) is 12.3. The average molecular weight is 375 g/mol. The number of methoxy groups -OCH3 is 2. The van der Waals surface area contributed by atoms with Gasteiger partial charge in [-0.3, -0.25) is 4.79 Å². The quantitative estimate of drug-likeness (QED) is 0.718. The average Bonchev–Trinajstić information content (AvgIpc) is 3.07. The summed E-state index contributed by atoms with van der Waals surface area (Å²) in [5.74, 6) is 0.437. The van der Waals surface area contributed by atoms with Crippen molar-refractivity contribution in [2.24, 2.45) is 0 Å². The van der Waals surface area contributed by atoms with Crippen molar-refractivity contribution in [3.8, 4) is 5.75 Å². The predicted octanol–water partition coefficient (Wildman–Crippen LogP) is 5.04. The van der Waals surface area contributed by atoms with E-state index in [2.05, 4.69) is 33.0 Å². The van der Waals surface area contributed by atoms with Gasteiger partial charge in [0.25, 0.3) is 5.91 Å². The van der Waals surface area contributed by atoms with Crippen molar-refractivity contribution < 1.29 is 19.1 Å². The standard InChI is InChI=1S/C20H25NO4S/c1-11(2)15-10-17(26-18(15)12(3)4)19(22)21-13-7-8-14(20(23)25-6)16(9-13)24-5/h7-12H,1-6H3,(H,21,22). The number of hydrogen-bond donors (Lipinski definition) is 1. The van der Waals surface area contributed by atoms with Crippen LogP contribution in [0.5, 0.6) is 5.75 Å². The van der Waals surface area contributed by atoms with Gasteiger partial charge in [-0.1, -0.05) is 27.7 Å². The van der Waals surface area contributed by atoms with Crippen LogP contribution in [0.1, 0.15) is 70.0 Å². The molecule has 6 heteroatoms. The van der Waals surface area contributed by atoms with Crippen LogP contribution >= 0.6 is 11.3 Å². The highest BCUT2D eigenvalue weighted by atomic mass is 32.1. The summed E-state index contributed by atoms with van der Waals surface area (Å²) in [4.78, 5) is 26.3. The summed E-state index contributed by atoms with van der Waals surface area (Å²) in [6.07, 6.45) is 0. The Morgan fingerprint density at radius 1 is 1.04 bits per heavy atom. The molecule has 1 aromatic carbocycles. The van der Waals surface area contributed by atoms with Gasteiger partial charge in [-0.05, 0) is 35.6 Å². The zero-order valence-corrected chi connectivity index (χ0v) is 16.8. The van der Waals surface area contributed by atoms with Gasteiger partial charge in [0.1, 0.15) is 11.3 Å². The third-order valence-corrected chi connectivity index (χ3v) is 5.48. The maximum Gasteiger partial charge on any atom is 0.341 e. The lowest BCUT2D eigenvalue weighted by molar-refractivity contribution is 0.0597. The summed E-state index contributed by atoms with van der Waals surface area (Å²) in [7, 11) is 2.78. The molecular formula is C20H25NO4S. The lowest BCUT2D eigenvalue weighted by Gasteiger charge is -2.10. The molecule has 0 aliphatic carbocycles. The molecule has 140 valence electrons. The summed E-state index contributed by atoms with van der Waals surface area (Å²) in [6.45, 7) is 8.53. The fourth-order valence-electron chi connectivity index (χ4n) is 2.67. The number of nitrogens with one attached hydrogen (secondary N) is 1. The minimum atomic E-state index is -0.485. The molecule has 2 rings (SSSR count). The zero-order valence-electron chi connectivity index (χ0n) is 16.0. The number of hydrogen-bond acceptors (Lipinski definition) is 5. The smallest absolute Gasteiger partial charge is 0.341 e. The SMILES string of the molecule is COC(=O)c1ccc(NC(=O)c2cc(C(C)C)c(C(C)C)s2)cc1OC. The van der Waals surface area contributed by atoms with Crippen molar-refractivity contribution in [1.82, 2.24) is 0 Å². The van der Waals surface area contributed by atoms with Crippen molar-refractivity contribution >= 4 is 28.9 Å². The summed E-state index contributed by atoms with van der Waals surface area (Å²) in [5.41, 5.74) is 2.09. The van der Waals surface area contributed by atoms with E-state index < -0.39 is 5.97 Å². The van der Waals surface area contributed by atoms with E-state index in [1.807, 2.05) is 6.07 Å². The van der Waals surface area contributed by atoms with Gasteiger partial charge in [-0.25, -0.2) is 4.79 Å². The van der Waals surface area contributed by atoms with Gasteiger partial charge in [0.15, 0.2) is 0 Å². The van der Waals surface area contributed by atoms with Crippen LogP contribution in [0.4, 0.5) is 5.69 Å². The number of carbonyl (C=O) groups excluding carboxylic acids is 2. The monoisotopic (exact) mass is 375 g/mol. The molecule has 1 aromatic heterocycles. The van der Waals surface area contributed by atoms with Crippen molar-refractivity contribution in [3.05, 3.63) is 45.1 Å². The fourth-order valence-corrected chi connectivity index (χ4v) is 3.89. The Bertz CT molecular complexity index is 783. The van der Waals surface area contributed by atoms with Crippen LogP contribution in [-0.4, -0.2) is 26.1 Å². The highest BCUT2D eigenvalue weighted by Gasteiger charge is 2.19. The van der Waals surface area contributed by atoms with Crippen LogP contribution in [0.15, 0.2) is 24.3 Å². The van der Waals surface area contributed by atoms with Crippen LogP contribution in [-0.2, 0) is 4.74 Å². The summed E-state index contributed by atoms with van der Waals surface area (Å²) in [5, 5.41) is 2.87. The van der Waals surface area contributed by atoms with Gasteiger partial charge < -0.3 is 14.8 Å². The Morgan fingerprint density at radius 3 is 2.23 bits per heavy atom. The van der Waals surface area contributed by atoms with Crippen molar-refractivity contribution in [1.29, 1.82) is 0 Å². The maximum absolute atomic E-state index is 12.7. The highest BCUT2D eigenvalue weighted by molar-refractivity contribution is 7.14. The molecule has 1 N–H and O–H groups in total. The Labute approximate surface area is 158 Å². The molecule has 1 amide bonds. The predicted molar refractivity (Wildman–Crippen MR) is 105 cm³/mol. The Morgan fingerprint density at radius 2 is 1.73 bits per heavy atom. The molecule has 2 aromatic rings. The van der Waals surface area contributed by atoms with Crippen molar-refractivity contribution in [2.75, 3.05) is 19.5 Å². The first-order valence-corrected chi connectivity index (χ1v) is 9.31. The van der Waals surface area contributed by atoms with Gasteiger partial charge in [0.2, 0.25) is 0 Å². The molecule has 5 nitrogen and oxygen atoms in total. The van der Waals surface area contributed by atoms with Gasteiger partial charge in [-0.15, -0.1) is 11.3 Å². The van der Waals surface area contributed by atoms with Crippen LogP contribution in [0, 0.1) is 0 Å². The van der Waals surface area contributed by atoms with Gasteiger partial charge in [-0.2, -0.15) is 0 Å². The molecule has 0 bridgehead atoms. The van der Waals surface area contributed by atoms with E-state index >= 15 is 0 Å². The Hall–Kier alpha value is -2.34. The molecule has 0 aliphatic rings. The largest absolute Gasteiger partial charge is 0.496 e. The highest BCUT2D eigenvalue weighted by Crippen LogP contribution is 2.34. The maximum atomic E-state index is 12.7. The normalized spacial score (nSPS) is 10.9. The number of ether oxygens (including phenoxy) is 2. The topological polar surface area (TPSA) is 64.6 Å². The van der Waals surface area contributed by atoms with Crippen LogP contribution in [0.25, 0.3) is 0 Å². The summed E-state index contributed by atoms with van der Waals surface area (Å²) in [6, 6.07) is 6.82. The second-order valence-corrected chi connectivity index (χ2v) is 7.68. The molecule has 0 spiro atoms. The first-order valence-electron chi connectivity index (χ1n) is 8.49. The number of benzene rings is 1. The van der Waals surface area contributed by atoms with E-state index in [1.54, 1.807) is 18.2 Å². The van der Waals surface area contributed by atoms with Crippen molar-refractivity contribution in [3.63, 3.8) is 0 Å². The molecule has 0 saturated carbocycles. The molecule has 26 heavy (non-hydrogen) atoms. The minimum absolute atomic E-state index is 0.170. The zero-order chi connectivity index (χ0) is 19.4. The number of amides is 1. The van der Waals surface area contributed by atoms with Gasteiger partial charge in [0, 0.05) is 16.6 Å². The Kier molecular flexibility index (Phi) is 6.42. The molecule has 0 unspecified atom stereocenters. The number of anilines is 1. The molecule has 0 fully saturated rings. The number of thiophene rings is 1. The van der Waals surface area contributed by atoms with E-state index in [9.17, 15) is 9.59 Å². The summed E-state index contributed by atoms with van der Waals surface area (Å²) < 4.78 is 9.96. The van der Waals surface area contributed by atoms with Gasteiger partial charge in [0.05, 0.1) is 19.1 Å². The second kappa shape index (κ2) is 8.36. The molecule has 0 saturated heterocycles. The number of carbonyl (C=O) groups is 2. The third kappa shape index (κ3) is 4.25. The van der Waals surface area contributed by atoms with E-state index in [0.29, 0.717) is 33.7 Å². The Balaban J connectivity index is 2.27. The van der Waals surface area contributed by atoms with Crippen LogP contribution in [0.3, 0.4) is 0 Å². The second-order valence-electron chi connectivity index (χ2n) is 6.60. The lowest BCUT2D eigenvalue weighted by Crippen LogP contribution is -2.11. The number of esters is 1. The van der Waals surface area contributed by atoms with Crippen molar-refractivity contribution in [2.45, 2.75) is 39.5 Å².